The predicted molar refractivity (Wildman–Crippen MR) is 45.8 cm³/mol. The molecule has 56 valence electrons. The highest BCUT2D eigenvalue weighted by Gasteiger charge is 1.88. The third-order valence-corrected chi connectivity index (χ3v) is 1.29. The summed E-state index contributed by atoms with van der Waals surface area (Å²) in [4.78, 5) is 16.9. The molecule has 0 saturated heterocycles. The molecule has 1 rings (SSSR count). The van der Waals surface area contributed by atoms with Gasteiger partial charge in [-0.2, -0.15) is 0 Å². The van der Waals surface area contributed by atoms with Gasteiger partial charge in [-0.25, -0.2) is 4.99 Å². The number of aromatic amines is 1. The van der Waals surface area contributed by atoms with Crippen LogP contribution in [0.15, 0.2) is 28.1 Å². The molecule has 0 atom stereocenters. The summed E-state index contributed by atoms with van der Waals surface area (Å²) in [5.74, 6) is 0. The van der Waals surface area contributed by atoms with E-state index < -0.39 is 0 Å². The van der Waals surface area contributed by atoms with Crippen LogP contribution >= 0.6 is 12.2 Å². The molecule has 0 aliphatic rings. The van der Waals surface area contributed by atoms with E-state index in [1.54, 1.807) is 12.3 Å². The Morgan fingerprint density at radius 3 is 3.18 bits per heavy atom. The van der Waals surface area contributed by atoms with Crippen LogP contribution in [0.4, 0.5) is 0 Å². The molecule has 4 heteroatoms. The van der Waals surface area contributed by atoms with E-state index in [-0.39, 0.29) is 5.56 Å². The van der Waals surface area contributed by atoms with Gasteiger partial charge in [0.05, 0.1) is 11.7 Å². The molecule has 0 aromatic carbocycles. The van der Waals surface area contributed by atoms with Crippen LogP contribution in [0.2, 0.25) is 0 Å². The highest BCUT2D eigenvalue weighted by Crippen LogP contribution is 1.93. The zero-order chi connectivity index (χ0) is 8.10. The third-order valence-electron chi connectivity index (χ3n) is 1.17. The summed E-state index contributed by atoms with van der Waals surface area (Å²) in [6.07, 6.45) is 1.58. The van der Waals surface area contributed by atoms with Gasteiger partial charge in [0, 0.05) is 12.3 Å². The summed E-state index contributed by atoms with van der Waals surface area (Å²) in [6, 6.07) is 3.26. The van der Waals surface area contributed by atoms with E-state index >= 15 is 0 Å². The molecule has 0 unspecified atom stereocenters. The normalized spacial score (nSPS) is 8.73. The number of isothiocyanates is 1. The lowest BCUT2D eigenvalue weighted by atomic mass is 10.3. The molecule has 1 aromatic rings. The lowest BCUT2D eigenvalue weighted by Gasteiger charge is -1.90. The Morgan fingerprint density at radius 1 is 1.73 bits per heavy atom. The number of pyridine rings is 1. The third kappa shape index (κ3) is 2.45. The number of rotatable bonds is 2. The lowest BCUT2D eigenvalue weighted by Crippen LogP contribution is -2.03. The first kappa shape index (κ1) is 7.85. The summed E-state index contributed by atoms with van der Waals surface area (Å²) in [7, 11) is 0. The van der Waals surface area contributed by atoms with Crippen LogP contribution < -0.4 is 5.56 Å². The summed E-state index contributed by atoms with van der Waals surface area (Å²) in [5, 5.41) is 2.23. The maximum Gasteiger partial charge on any atom is 0.248 e. The highest BCUT2D eigenvalue weighted by molar-refractivity contribution is 7.78. The van der Waals surface area contributed by atoms with Crippen LogP contribution in [-0.4, -0.2) is 10.1 Å². The van der Waals surface area contributed by atoms with Crippen molar-refractivity contribution in [3.05, 3.63) is 34.2 Å². The molecule has 1 N–H and O–H groups in total. The first-order chi connectivity index (χ1) is 5.33. The molecule has 0 radical (unpaired) electrons. The van der Waals surface area contributed by atoms with Crippen LogP contribution in [0.1, 0.15) is 5.56 Å². The Hall–Kier alpha value is -1.25. The Labute approximate surface area is 68.8 Å². The minimum Gasteiger partial charge on any atom is -0.329 e. The van der Waals surface area contributed by atoms with Crippen molar-refractivity contribution in [1.29, 1.82) is 0 Å². The second kappa shape index (κ2) is 3.81. The molecule has 0 saturated carbocycles. The zero-order valence-corrected chi connectivity index (χ0v) is 6.52. The van der Waals surface area contributed by atoms with Crippen LogP contribution in [0.3, 0.4) is 0 Å². The number of hydrogen-bond acceptors (Lipinski definition) is 3. The quantitative estimate of drug-likeness (QED) is 0.525. The fourth-order valence-corrected chi connectivity index (χ4v) is 0.775. The van der Waals surface area contributed by atoms with Crippen LogP contribution in [0, 0.1) is 0 Å². The number of nitrogens with one attached hydrogen (secondary N) is 1. The first-order valence-corrected chi connectivity index (χ1v) is 3.45. The smallest absolute Gasteiger partial charge is 0.248 e. The molecule has 1 aromatic heterocycles. The maximum absolute atomic E-state index is 10.7. The Morgan fingerprint density at radius 2 is 2.55 bits per heavy atom. The van der Waals surface area contributed by atoms with Gasteiger partial charge in [0.15, 0.2) is 0 Å². The van der Waals surface area contributed by atoms with E-state index in [1.807, 2.05) is 0 Å². The van der Waals surface area contributed by atoms with Crippen molar-refractivity contribution in [2.24, 2.45) is 4.99 Å². The molecule has 0 spiro atoms. The van der Waals surface area contributed by atoms with E-state index in [9.17, 15) is 4.79 Å². The fraction of sp³-hybridized carbons (Fsp3) is 0.143. The van der Waals surface area contributed by atoms with Crippen molar-refractivity contribution in [2.45, 2.75) is 6.54 Å². The minimum absolute atomic E-state index is 0.123. The first-order valence-electron chi connectivity index (χ1n) is 3.04. The second-order valence-electron chi connectivity index (χ2n) is 1.97. The highest BCUT2D eigenvalue weighted by atomic mass is 32.1. The van der Waals surface area contributed by atoms with Gasteiger partial charge < -0.3 is 4.98 Å². The average molecular weight is 166 g/mol. The SMILES string of the molecule is O=c1cc(CN=C=S)cc[nH]1. The summed E-state index contributed by atoms with van der Waals surface area (Å²) < 4.78 is 0. The van der Waals surface area contributed by atoms with Crippen molar-refractivity contribution in [2.75, 3.05) is 0 Å². The topological polar surface area (TPSA) is 45.2 Å². The molecule has 0 bridgehead atoms. The van der Waals surface area contributed by atoms with Gasteiger partial charge in [-0.3, -0.25) is 4.79 Å². The van der Waals surface area contributed by atoms with Crippen molar-refractivity contribution in [3.8, 4) is 0 Å². The summed E-state index contributed by atoms with van der Waals surface area (Å²) >= 11 is 4.38. The van der Waals surface area contributed by atoms with Crippen LogP contribution in [0.5, 0.6) is 0 Å². The molecular weight excluding hydrogens is 160 g/mol. The van der Waals surface area contributed by atoms with E-state index in [4.69, 9.17) is 0 Å². The van der Waals surface area contributed by atoms with Gasteiger partial charge in [0.1, 0.15) is 0 Å². The maximum atomic E-state index is 10.7. The largest absolute Gasteiger partial charge is 0.329 e. The molecule has 1 heterocycles. The van der Waals surface area contributed by atoms with Crippen molar-refractivity contribution >= 4 is 17.4 Å². The Bertz CT molecular complexity index is 338. The van der Waals surface area contributed by atoms with Crippen LogP contribution in [0.25, 0.3) is 0 Å². The minimum atomic E-state index is -0.123. The molecule has 3 nitrogen and oxygen atoms in total. The Balaban J connectivity index is 2.87. The van der Waals surface area contributed by atoms with Gasteiger partial charge in [0.25, 0.3) is 0 Å². The number of thiocarbonyl (C=S) groups is 1. The van der Waals surface area contributed by atoms with Crippen molar-refractivity contribution < 1.29 is 0 Å². The number of hydrogen-bond donors (Lipinski definition) is 1. The van der Waals surface area contributed by atoms with Gasteiger partial charge in [-0.15, -0.1) is 0 Å². The standard InChI is InChI=1S/C7H6N2OS/c10-7-3-6(1-2-9-7)4-8-5-11/h1-3H,4H2,(H,9,10). The molecule has 0 amide bonds. The predicted octanol–water partition coefficient (Wildman–Crippen LogP) is 0.978. The second-order valence-corrected chi connectivity index (χ2v) is 2.15. The number of H-pyrrole nitrogens is 1. The Kier molecular flexibility index (Phi) is 2.72. The summed E-state index contributed by atoms with van der Waals surface area (Å²) in [6.45, 7) is 0.424. The number of aliphatic imine (C=N–C) groups is 1. The van der Waals surface area contributed by atoms with Gasteiger partial charge >= 0.3 is 0 Å². The average Bonchev–Trinajstić information content (AvgIpc) is 2.01. The van der Waals surface area contributed by atoms with Gasteiger partial charge in [0.2, 0.25) is 5.56 Å². The van der Waals surface area contributed by atoms with E-state index in [1.165, 1.54) is 6.07 Å². The lowest BCUT2D eigenvalue weighted by molar-refractivity contribution is 1.06. The molecular formula is C7H6N2OS. The van der Waals surface area contributed by atoms with Crippen molar-refractivity contribution in [3.63, 3.8) is 0 Å². The molecule has 0 aliphatic heterocycles. The fourth-order valence-electron chi connectivity index (χ4n) is 0.711. The van der Waals surface area contributed by atoms with Crippen LogP contribution in [-0.2, 0) is 6.54 Å². The monoisotopic (exact) mass is 166 g/mol. The summed E-state index contributed by atoms with van der Waals surface area (Å²) in [5.41, 5.74) is 0.716. The van der Waals surface area contributed by atoms with E-state index in [2.05, 4.69) is 27.4 Å². The molecule has 0 fully saturated rings. The van der Waals surface area contributed by atoms with E-state index in [0.717, 1.165) is 5.56 Å². The van der Waals surface area contributed by atoms with Crippen molar-refractivity contribution in [1.82, 2.24) is 4.98 Å². The number of aromatic nitrogens is 1. The van der Waals surface area contributed by atoms with Gasteiger partial charge in [-0.05, 0) is 23.8 Å². The zero-order valence-electron chi connectivity index (χ0n) is 5.70. The number of nitrogens with zero attached hydrogens (tertiary/aromatic N) is 1. The van der Waals surface area contributed by atoms with E-state index in [0.29, 0.717) is 6.54 Å². The van der Waals surface area contributed by atoms with Gasteiger partial charge in [-0.1, -0.05) is 0 Å². The molecule has 0 aliphatic carbocycles. The molecule has 11 heavy (non-hydrogen) atoms.